The van der Waals surface area contributed by atoms with E-state index in [1.165, 1.54) is 25.3 Å². The van der Waals surface area contributed by atoms with Crippen LogP contribution in [0.1, 0.15) is 10.4 Å². The normalized spacial score (nSPS) is 10.4. The third kappa shape index (κ3) is 4.10. The van der Waals surface area contributed by atoms with E-state index in [-0.39, 0.29) is 16.5 Å². The molecule has 0 saturated heterocycles. The lowest BCUT2D eigenvalue weighted by Crippen LogP contribution is -2.34. The SMILES string of the molecule is COc1ccc([N+](=O)[O-])cc1NC(=S)NC(=O)c1cccc2c(Br)cccc12. The lowest BCUT2D eigenvalue weighted by Gasteiger charge is -2.13. The largest absolute Gasteiger partial charge is 0.495 e. The zero-order valence-corrected chi connectivity index (χ0v) is 17.0. The monoisotopic (exact) mass is 459 g/mol. The quantitative estimate of drug-likeness (QED) is 0.335. The zero-order chi connectivity index (χ0) is 20.3. The van der Waals surface area contributed by atoms with Crippen LogP contribution < -0.4 is 15.4 Å². The molecule has 0 unspecified atom stereocenters. The molecule has 2 N–H and O–H groups in total. The average molecular weight is 460 g/mol. The fourth-order valence-electron chi connectivity index (χ4n) is 2.70. The maximum Gasteiger partial charge on any atom is 0.271 e. The maximum absolute atomic E-state index is 12.7. The Hall–Kier alpha value is -3.04. The fourth-order valence-corrected chi connectivity index (χ4v) is 3.40. The van der Waals surface area contributed by atoms with Gasteiger partial charge in [0.05, 0.1) is 17.7 Å². The molecule has 1 amide bonds. The second kappa shape index (κ2) is 8.32. The van der Waals surface area contributed by atoms with Crippen LogP contribution in [0.15, 0.2) is 59.1 Å². The van der Waals surface area contributed by atoms with Crippen molar-refractivity contribution in [3.05, 3.63) is 74.7 Å². The van der Waals surface area contributed by atoms with E-state index in [4.69, 9.17) is 17.0 Å². The van der Waals surface area contributed by atoms with Crippen molar-refractivity contribution < 1.29 is 14.5 Å². The van der Waals surface area contributed by atoms with Crippen molar-refractivity contribution in [2.75, 3.05) is 12.4 Å². The van der Waals surface area contributed by atoms with Gasteiger partial charge in [0, 0.05) is 22.2 Å². The first kappa shape index (κ1) is 19.7. The number of carbonyl (C=O) groups excluding carboxylic acids is 1. The van der Waals surface area contributed by atoms with Gasteiger partial charge in [-0.15, -0.1) is 0 Å². The molecule has 0 aliphatic carbocycles. The first-order valence-corrected chi connectivity index (χ1v) is 9.23. The number of halogens is 1. The van der Waals surface area contributed by atoms with Crippen LogP contribution in [0.3, 0.4) is 0 Å². The Bertz CT molecular complexity index is 1100. The molecule has 0 fully saturated rings. The molecule has 28 heavy (non-hydrogen) atoms. The molecule has 0 heterocycles. The van der Waals surface area contributed by atoms with Gasteiger partial charge in [0.2, 0.25) is 0 Å². The topological polar surface area (TPSA) is 93.5 Å². The van der Waals surface area contributed by atoms with E-state index in [2.05, 4.69) is 26.6 Å². The molecule has 3 aromatic carbocycles. The van der Waals surface area contributed by atoms with Gasteiger partial charge in [0.1, 0.15) is 5.75 Å². The fraction of sp³-hybridized carbons (Fsp3) is 0.0526. The predicted molar refractivity (Wildman–Crippen MR) is 115 cm³/mol. The van der Waals surface area contributed by atoms with E-state index in [0.717, 1.165) is 15.2 Å². The number of hydrogen-bond donors (Lipinski definition) is 2. The Kier molecular flexibility index (Phi) is 5.86. The number of benzene rings is 3. The van der Waals surface area contributed by atoms with E-state index in [1.807, 2.05) is 24.3 Å². The summed E-state index contributed by atoms with van der Waals surface area (Å²) in [4.78, 5) is 23.2. The molecular weight excluding hydrogens is 446 g/mol. The number of hydrogen-bond acceptors (Lipinski definition) is 5. The van der Waals surface area contributed by atoms with Crippen molar-refractivity contribution in [3.8, 4) is 5.75 Å². The second-order valence-electron chi connectivity index (χ2n) is 5.69. The van der Waals surface area contributed by atoms with E-state index < -0.39 is 10.8 Å². The van der Waals surface area contributed by atoms with Crippen molar-refractivity contribution in [3.63, 3.8) is 0 Å². The molecule has 0 aliphatic rings. The van der Waals surface area contributed by atoms with Gasteiger partial charge in [-0.05, 0) is 41.2 Å². The van der Waals surface area contributed by atoms with Crippen LogP contribution in [0.25, 0.3) is 10.8 Å². The number of fused-ring (bicyclic) bond motifs is 1. The summed E-state index contributed by atoms with van der Waals surface area (Å²) < 4.78 is 6.06. The van der Waals surface area contributed by atoms with Crippen LogP contribution in [0.4, 0.5) is 11.4 Å². The van der Waals surface area contributed by atoms with Crippen LogP contribution in [0, 0.1) is 10.1 Å². The lowest BCUT2D eigenvalue weighted by atomic mass is 10.0. The molecule has 0 saturated carbocycles. The van der Waals surface area contributed by atoms with Crippen molar-refractivity contribution in [2.24, 2.45) is 0 Å². The predicted octanol–water partition coefficient (Wildman–Crippen LogP) is 4.65. The Labute approximate surface area is 174 Å². The first-order chi connectivity index (χ1) is 13.4. The van der Waals surface area contributed by atoms with E-state index in [9.17, 15) is 14.9 Å². The van der Waals surface area contributed by atoms with Gasteiger partial charge in [-0.25, -0.2) is 0 Å². The Morgan fingerprint density at radius 2 is 1.86 bits per heavy atom. The summed E-state index contributed by atoms with van der Waals surface area (Å²) in [5.74, 6) is -0.0399. The number of nitro groups is 1. The van der Waals surface area contributed by atoms with Crippen molar-refractivity contribution in [1.82, 2.24) is 5.32 Å². The van der Waals surface area contributed by atoms with Gasteiger partial charge in [-0.2, -0.15) is 0 Å². The standard InChI is InChI=1S/C19H14BrN3O4S/c1-27-17-9-8-11(23(25)26)10-16(17)21-19(28)22-18(24)14-6-2-5-13-12(14)4-3-7-15(13)20/h2-10H,1H3,(H2,21,22,24,28). The molecule has 0 atom stereocenters. The molecule has 9 heteroatoms. The van der Waals surface area contributed by atoms with Gasteiger partial charge in [0.25, 0.3) is 11.6 Å². The number of nitrogens with zero attached hydrogens (tertiary/aromatic N) is 1. The Morgan fingerprint density at radius 3 is 2.57 bits per heavy atom. The lowest BCUT2D eigenvalue weighted by molar-refractivity contribution is -0.384. The molecule has 0 bridgehead atoms. The number of rotatable bonds is 4. The number of nitrogens with one attached hydrogen (secondary N) is 2. The molecule has 0 aliphatic heterocycles. The number of thiocarbonyl (C=S) groups is 1. The van der Waals surface area contributed by atoms with E-state index >= 15 is 0 Å². The Balaban J connectivity index is 1.83. The molecule has 7 nitrogen and oxygen atoms in total. The van der Waals surface area contributed by atoms with Crippen molar-refractivity contribution in [1.29, 1.82) is 0 Å². The third-order valence-electron chi connectivity index (χ3n) is 3.98. The van der Waals surface area contributed by atoms with Gasteiger partial charge in [-0.1, -0.05) is 40.2 Å². The van der Waals surface area contributed by atoms with E-state index in [1.54, 1.807) is 12.1 Å². The minimum Gasteiger partial charge on any atom is -0.495 e. The third-order valence-corrected chi connectivity index (χ3v) is 4.88. The zero-order valence-electron chi connectivity index (χ0n) is 14.6. The molecule has 0 radical (unpaired) electrons. The summed E-state index contributed by atoms with van der Waals surface area (Å²) in [5, 5.41) is 18.0. The number of ether oxygens (including phenoxy) is 1. The molecule has 3 aromatic rings. The summed E-state index contributed by atoms with van der Waals surface area (Å²) in [6, 6.07) is 15.0. The van der Waals surface area contributed by atoms with Crippen LogP contribution >= 0.6 is 28.1 Å². The van der Waals surface area contributed by atoms with Crippen LogP contribution in [-0.2, 0) is 0 Å². The van der Waals surface area contributed by atoms with Gasteiger partial charge in [0.15, 0.2) is 5.11 Å². The highest BCUT2D eigenvalue weighted by Gasteiger charge is 2.15. The number of nitro benzene ring substituents is 1. The highest BCUT2D eigenvalue weighted by atomic mass is 79.9. The van der Waals surface area contributed by atoms with Gasteiger partial charge in [-0.3, -0.25) is 20.2 Å². The Morgan fingerprint density at radius 1 is 1.14 bits per heavy atom. The highest BCUT2D eigenvalue weighted by molar-refractivity contribution is 9.10. The molecule has 0 spiro atoms. The molecule has 3 rings (SSSR count). The summed E-state index contributed by atoms with van der Waals surface area (Å²) in [6.07, 6.45) is 0. The number of methoxy groups -OCH3 is 1. The minimum absolute atomic E-state index is 0.00389. The minimum atomic E-state index is -0.528. The summed E-state index contributed by atoms with van der Waals surface area (Å²) >= 11 is 8.67. The van der Waals surface area contributed by atoms with Crippen molar-refractivity contribution in [2.45, 2.75) is 0 Å². The van der Waals surface area contributed by atoms with Crippen LogP contribution in [0.2, 0.25) is 0 Å². The average Bonchev–Trinajstić information content (AvgIpc) is 2.67. The molecule has 142 valence electrons. The van der Waals surface area contributed by atoms with Gasteiger partial charge >= 0.3 is 0 Å². The maximum atomic E-state index is 12.7. The number of amides is 1. The summed E-state index contributed by atoms with van der Waals surface area (Å²) in [5.41, 5.74) is 0.605. The van der Waals surface area contributed by atoms with E-state index in [0.29, 0.717) is 11.3 Å². The van der Waals surface area contributed by atoms with Crippen LogP contribution in [-0.4, -0.2) is 23.1 Å². The van der Waals surface area contributed by atoms with Gasteiger partial charge < -0.3 is 10.1 Å². The number of anilines is 1. The molecular formula is C19H14BrN3O4S. The molecule has 0 aromatic heterocycles. The highest BCUT2D eigenvalue weighted by Crippen LogP contribution is 2.29. The summed E-state index contributed by atoms with van der Waals surface area (Å²) in [7, 11) is 1.43. The smallest absolute Gasteiger partial charge is 0.271 e. The van der Waals surface area contributed by atoms with Crippen LogP contribution in [0.5, 0.6) is 5.75 Å². The number of non-ortho nitro benzene ring substituents is 1. The second-order valence-corrected chi connectivity index (χ2v) is 6.95. The number of carbonyl (C=O) groups is 1. The van der Waals surface area contributed by atoms with Crippen molar-refractivity contribution >= 4 is 61.3 Å². The first-order valence-electron chi connectivity index (χ1n) is 8.02. The summed E-state index contributed by atoms with van der Waals surface area (Å²) in [6.45, 7) is 0.